The summed E-state index contributed by atoms with van der Waals surface area (Å²) < 4.78 is 5.01. The van der Waals surface area contributed by atoms with Crippen LogP contribution in [0.25, 0.3) is 0 Å². The fourth-order valence-corrected chi connectivity index (χ4v) is 4.37. The number of aliphatic hydroxyl groups excluding tert-OH is 1. The molecule has 1 saturated heterocycles. The lowest BCUT2D eigenvalue weighted by Crippen LogP contribution is -2.51. The van der Waals surface area contributed by atoms with Crippen molar-refractivity contribution in [2.75, 3.05) is 13.2 Å². The number of ether oxygens (including phenoxy) is 1. The molecule has 1 atom stereocenters. The predicted octanol–water partition coefficient (Wildman–Crippen LogP) is 1.45. The monoisotopic (exact) mass is 411 g/mol. The zero-order chi connectivity index (χ0) is 21.8. The second-order valence-corrected chi connectivity index (χ2v) is 8.48. The van der Waals surface area contributed by atoms with Gasteiger partial charge in [-0.1, -0.05) is 44.2 Å². The number of esters is 1. The molecule has 156 valence electrons. The van der Waals surface area contributed by atoms with Gasteiger partial charge in [0, 0.05) is 18.4 Å². The molecule has 1 aromatic carbocycles. The van der Waals surface area contributed by atoms with Crippen LogP contribution in [0.2, 0.25) is 0 Å². The van der Waals surface area contributed by atoms with Gasteiger partial charge in [-0.3, -0.25) is 19.3 Å². The van der Waals surface area contributed by atoms with Crippen molar-refractivity contribution in [2.45, 2.75) is 32.3 Å². The van der Waals surface area contributed by atoms with E-state index in [0.29, 0.717) is 0 Å². The number of Topliss-reactive ketones (excluding diaryl/α,β-unsaturated/α-hetero) is 2. The van der Waals surface area contributed by atoms with Gasteiger partial charge in [0.05, 0.1) is 17.7 Å². The smallest absolute Gasteiger partial charge is 0.355 e. The van der Waals surface area contributed by atoms with Crippen molar-refractivity contribution in [2.24, 2.45) is 5.41 Å². The molecule has 3 aliphatic rings. The largest absolute Gasteiger partial charge is 0.512 e. The number of benzene rings is 1. The molecule has 30 heavy (non-hydrogen) atoms. The molecule has 2 N–H and O–H groups in total. The average molecular weight is 411 g/mol. The summed E-state index contributed by atoms with van der Waals surface area (Å²) in [4.78, 5) is 53.1. The molecule has 1 fully saturated rings. The van der Waals surface area contributed by atoms with Crippen LogP contribution in [0.15, 0.2) is 52.9 Å². The standard InChI is InChI=1S/C22H21NO7/c1-21(2)10-13(24)15(14(25)11-21)22(29)16(18(26)12-6-4-3-5-7-12)17-19(27)30-9-8-23(17)20(22)28/h3-7,24,29H,8-11H2,1-2H3. The van der Waals surface area contributed by atoms with E-state index in [1.807, 2.05) is 0 Å². The van der Waals surface area contributed by atoms with E-state index in [1.165, 1.54) is 12.1 Å². The van der Waals surface area contributed by atoms with Gasteiger partial charge in [-0.2, -0.15) is 0 Å². The number of allylic oxidation sites excluding steroid dienone is 1. The SMILES string of the molecule is CC1(C)CC(=O)C(C2(O)C(=O)N3CCOC(=O)C3=C2C(=O)c2ccccc2)=C(O)C1. The maximum absolute atomic E-state index is 13.4. The van der Waals surface area contributed by atoms with Crippen LogP contribution in [0, 0.1) is 5.41 Å². The van der Waals surface area contributed by atoms with Gasteiger partial charge < -0.3 is 14.9 Å². The number of ketones is 2. The highest BCUT2D eigenvalue weighted by Crippen LogP contribution is 2.47. The van der Waals surface area contributed by atoms with Crippen LogP contribution in [-0.2, 0) is 19.1 Å². The fraction of sp³-hybridized carbons (Fsp3) is 0.364. The van der Waals surface area contributed by atoms with E-state index >= 15 is 0 Å². The lowest BCUT2D eigenvalue weighted by Gasteiger charge is -2.35. The summed E-state index contributed by atoms with van der Waals surface area (Å²) in [5.41, 5.74) is -4.70. The van der Waals surface area contributed by atoms with Crippen LogP contribution in [0.5, 0.6) is 0 Å². The number of amides is 1. The Morgan fingerprint density at radius 1 is 1.10 bits per heavy atom. The first kappa shape index (κ1) is 20.0. The van der Waals surface area contributed by atoms with Gasteiger partial charge in [-0.05, 0) is 5.41 Å². The molecule has 2 heterocycles. The summed E-state index contributed by atoms with van der Waals surface area (Å²) in [6.45, 7) is 3.37. The van der Waals surface area contributed by atoms with Crippen LogP contribution in [0.4, 0.5) is 0 Å². The highest BCUT2D eigenvalue weighted by molar-refractivity contribution is 6.25. The molecule has 0 spiro atoms. The number of cyclic esters (lactones) is 1. The Morgan fingerprint density at radius 3 is 2.40 bits per heavy atom. The number of aliphatic hydroxyl groups is 2. The summed E-state index contributed by atoms with van der Waals surface area (Å²) in [5.74, 6) is -3.84. The van der Waals surface area contributed by atoms with Crippen LogP contribution >= 0.6 is 0 Å². The number of hydrogen-bond acceptors (Lipinski definition) is 7. The van der Waals surface area contributed by atoms with Gasteiger partial charge in [0.15, 0.2) is 11.6 Å². The second-order valence-electron chi connectivity index (χ2n) is 8.48. The van der Waals surface area contributed by atoms with Gasteiger partial charge in [-0.15, -0.1) is 0 Å². The van der Waals surface area contributed by atoms with Gasteiger partial charge in [0.25, 0.3) is 5.91 Å². The Bertz CT molecular complexity index is 1050. The van der Waals surface area contributed by atoms with E-state index in [4.69, 9.17) is 4.74 Å². The van der Waals surface area contributed by atoms with Crippen molar-refractivity contribution < 1.29 is 34.1 Å². The van der Waals surface area contributed by atoms with Crippen LogP contribution in [0.3, 0.4) is 0 Å². The number of carbonyl (C=O) groups excluding carboxylic acids is 4. The first-order valence-corrected chi connectivity index (χ1v) is 9.59. The molecule has 8 nitrogen and oxygen atoms in total. The van der Waals surface area contributed by atoms with E-state index in [1.54, 1.807) is 32.0 Å². The number of nitrogens with zero attached hydrogens (tertiary/aromatic N) is 1. The minimum Gasteiger partial charge on any atom is -0.512 e. The highest BCUT2D eigenvalue weighted by atomic mass is 16.5. The van der Waals surface area contributed by atoms with Crippen molar-refractivity contribution in [1.82, 2.24) is 4.90 Å². The quantitative estimate of drug-likeness (QED) is 0.570. The van der Waals surface area contributed by atoms with E-state index < -0.39 is 51.4 Å². The average Bonchev–Trinajstić information content (AvgIpc) is 2.89. The van der Waals surface area contributed by atoms with Crippen molar-refractivity contribution in [3.05, 3.63) is 58.5 Å². The molecule has 0 bridgehead atoms. The third-order valence-electron chi connectivity index (χ3n) is 5.64. The van der Waals surface area contributed by atoms with Crippen molar-refractivity contribution in [3.8, 4) is 0 Å². The fourth-order valence-electron chi connectivity index (χ4n) is 4.37. The van der Waals surface area contributed by atoms with Crippen LogP contribution in [0.1, 0.15) is 37.0 Å². The minimum absolute atomic E-state index is 0.0332. The molecule has 1 unspecified atom stereocenters. The molecule has 0 radical (unpaired) electrons. The summed E-state index contributed by atoms with van der Waals surface area (Å²) in [6, 6.07) is 7.81. The maximum atomic E-state index is 13.4. The Labute approximate surface area is 172 Å². The van der Waals surface area contributed by atoms with Gasteiger partial charge in [0.1, 0.15) is 18.1 Å². The summed E-state index contributed by atoms with van der Waals surface area (Å²) in [5, 5.41) is 22.3. The van der Waals surface area contributed by atoms with Crippen LogP contribution < -0.4 is 0 Å². The second kappa shape index (κ2) is 6.63. The zero-order valence-electron chi connectivity index (χ0n) is 16.6. The Hall–Kier alpha value is -3.26. The van der Waals surface area contributed by atoms with E-state index in [9.17, 15) is 29.4 Å². The number of hydrogen-bond donors (Lipinski definition) is 2. The molecule has 1 aromatic rings. The predicted molar refractivity (Wildman–Crippen MR) is 103 cm³/mol. The normalized spacial score (nSPS) is 26.1. The zero-order valence-corrected chi connectivity index (χ0v) is 16.6. The number of morpholine rings is 1. The summed E-state index contributed by atoms with van der Waals surface area (Å²) in [6.07, 6.45) is 0.00478. The van der Waals surface area contributed by atoms with Crippen LogP contribution in [-0.4, -0.2) is 57.3 Å². The molecule has 4 rings (SSSR count). The molecular weight excluding hydrogens is 390 g/mol. The Balaban J connectivity index is 1.98. The number of fused-ring (bicyclic) bond motifs is 1. The molecule has 1 amide bonds. The Kier molecular flexibility index (Phi) is 4.43. The van der Waals surface area contributed by atoms with Crippen molar-refractivity contribution in [3.63, 3.8) is 0 Å². The summed E-state index contributed by atoms with van der Waals surface area (Å²) in [7, 11) is 0. The number of carbonyl (C=O) groups is 4. The molecule has 1 aliphatic carbocycles. The minimum atomic E-state index is -2.76. The molecular formula is C22H21NO7. The van der Waals surface area contributed by atoms with Gasteiger partial charge in [0.2, 0.25) is 5.60 Å². The topological polar surface area (TPSA) is 121 Å². The Morgan fingerprint density at radius 2 is 1.77 bits per heavy atom. The highest BCUT2D eigenvalue weighted by Gasteiger charge is 2.62. The van der Waals surface area contributed by atoms with Crippen molar-refractivity contribution >= 4 is 23.4 Å². The number of rotatable bonds is 3. The first-order chi connectivity index (χ1) is 14.1. The molecule has 0 saturated carbocycles. The lowest BCUT2D eigenvalue weighted by molar-refractivity contribution is -0.152. The van der Waals surface area contributed by atoms with E-state index in [0.717, 1.165) is 4.90 Å². The van der Waals surface area contributed by atoms with Gasteiger partial charge in [-0.25, -0.2) is 4.79 Å². The molecule has 8 heteroatoms. The van der Waals surface area contributed by atoms with Crippen molar-refractivity contribution in [1.29, 1.82) is 0 Å². The molecule has 0 aromatic heterocycles. The summed E-state index contributed by atoms with van der Waals surface area (Å²) >= 11 is 0. The van der Waals surface area contributed by atoms with Gasteiger partial charge >= 0.3 is 5.97 Å². The van der Waals surface area contributed by atoms with E-state index in [2.05, 4.69) is 0 Å². The molecule has 2 aliphatic heterocycles. The third kappa shape index (κ3) is 2.79. The van der Waals surface area contributed by atoms with E-state index in [-0.39, 0.29) is 37.3 Å². The third-order valence-corrected chi connectivity index (χ3v) is 5.64. The maximum Gasteiger partial charge on any atom is 0.355 e. The first-order valence-electron chi connectivity index (χ1n) is 9.59. The lowest BCUT2D eigenvalue weighted by atomic mass is 9.70.